The molecule has 1 aliphatic carbocycles. The maximum Gasteiger partial charge on any atom is 0.336 e. The molecule has 3 aromatic carbocycles. The molecule has 0 spiro atoms. The Morgan fingerprint density at radius 2 is 1.71 bits per heavy atom. The van der Waals surface area contributed by atoms with Crippen molar-refractivity contribution in [3.8, 4) is 11.1 Å². The van der Waals surface area contributed by atoms with Crippen molar-refractivity contribution in [2.45, 2.75) is 65.0 Å². The van der Waals surface area contributed by atoms with Gasteiger partial charge in [0.05, 0.1) is 5.56 Å². The summed E-state index contributed by atoms with van der Waals surface area (Å²) in [6.07, 6.45) is 8.18. The highest BCUT2D eigenvalue weighted by molar-refractivity contribution is 6.01. The van der Waals surface area contributed by atoms with E-state index in [0.717, 1.165) is 65.4 Å². The molecule has 0 aliphatic heterocycles. The number of benzene rings is 3. The van der Waals surface area contributed by atoms with Crippen LogP contribution in [0.1, 0.15) is 82.0 Å². The first-order valence-corrected chi connectivity index (χ1v) is 14.4. The average molecular weight is 551 g/mol. The molecule has 1 saturated carbocycles. The lowest BCUT2D eigenvalue weighted by Gasteiger charge is -2.31. The molecule has 41 heavy (non-hydrogen) atoms. The van der Waals surface area contributed by atoms with Gasteiger partial charge in [0.15, 0.2) is 0 Å². The Balaban J connectivity index is 1.62. The number of carboxylic acids is 1. The molecule has 5 rings (SSSR count). The highest BCUT2D eigenvalue weighted by atomic mass is 16.4. The summed E-state index contributed by atoms with van der Waals surface area (Å²) in [6, 6.07) is 17.2. The maximum atomic E-state index is 13.7. The third-order valence-corrected chi connectivity index (χ3v) is 8.49. The van der Waals surface area contributed by atoms with Crippen molar-refractivity contribution in [3.63, 3.8) is 0 Å². The Morgan fingerprint density at radius 1 is 0.976 bits per heavy atom. The standard InChI is InChI=1S/C34H38N4O3/c1-4-38-20-25(27-15-13-23(32(35)36)19-31(27)38)17-22-11-12-24(33(39)37(3)26-8-6-5-7-9-26)18-29(22)28-14-10-21(2)16-30(28)34(40)41/h10-16,18-20,26H,4-9,17H2,1-3H3,(H3,35,36)(H,40,41). The van der Waals surface area contributed by atoms with Crippen LogP contribution < -0.4 is 5.73 Å². The van der Waals surface area contributed by atoms with E-state index in [1.807, 2.05) is 67.4 Å². The van der Waals surface area contributed by atoms with Gasteiger partial charge in [-0.25, -0.2) is 4.79 Å². The fourth-order valence-corrected chi connectivity index (χ4v) is 6.17. The number of carbonyl (C=O) groups excluding carboxylic acids is 1. The summed E-state index contributed by atoms with van der Waals surface area (Å²) < 4.78 is 2.14. The topological polar surface area (TPSA) is 112 Å². The lowest BCUT2D eigenvalue weighted by Crippen LogP contribution is -2.38. The second-order valence-corrected chi connectivity index (χ2v) is 11.2. The predicted molar refractivity (Wildman–Crippen MR) is 164 cm³/mol. The number of hydrogen-bond acceptors (Lipinski definition) is 3. The van der Waals surface area contributed by atoms with Gasteiger partial charge in [-0.3, -0.25) is 10.2 Å². The minimum absolute atomic E-state index is 0.0265. The highest BCUT2D eigenvalue weighted by Gasteiger charge is 2.25. The Kier molecular flexibility index (Phi) is 7.97. The minimum atomic E-state index is -0.995. The van der Waals surface area contributed by atoms with Crippen LogP contribution in [0.25, 0.3) is 22.0 Å². The molecule has 7 heteroatoms. The first-order chi connectivity index (χ1) is 19.7. The van der Waals surface area contributed by atoms with Gasteiger partial charge in [0.25, 0.3) is 5.91 Å². The third kappa shape index (κ3) is 5.62. The van der Waals surface area contributed by atoms with E-state index < -0.39 is 5.97 Å². The molecule has 1 fully saturated rings. The molecule has 1 aromatic heterocycles. The van der Waals surface area contributed by atoms with Gasteiger partial charge >= 0.3 is 5.97 Å². The molecule has 1 aliphatic rings. The van der Waals surface area contributed by atoms with Gasteiger partial charge in [-0.2, -0.15) is 0 Å². The van der Waals surface area contributed by atoms with Crippen molar-refractivity contribution in [2.24, 2.45) is 5.73 Å². The summed E-state index contributed by atoms with van der Waals surface area (Å²) in [7, 11) is 1.88. The number of amides is 1. The largest absolute Gasteiger partial charge is 0.478 e. The zero-order chi connectivity index (χ0) is 29.3. The van der Waals surface area contributed by atoms with Crippen LogP contribution in [0.15, 0.2) is 60.8 Å². The first-order valence-electron chi connectivity index (χ1n) is 14.4. The van der Waals surface area contributed by atoms with Crippen LogP contribution in [0.2, 0.25) is 0 Å². The summed E-state index contributed by atoms with van der Waals surface area (Å²) in [5.74, 6) is -1.00. The number of aromatic nitrogens is 1. The van der Waals surface area contributed by atoms with E-state index in [9.17, 15) is 14.7 Å². The van der Waals surface area contributed by atoms with Gasteiger partial charge in [-0.15, -0.1) is 0 Å². The molecule has 0 bridgehead atoms. The molecule has 0 saturated heterocycles. The Hall–Kier alpha value is -4.39. The molecule has 4 N–H and O–H groups in total. The van der Waals surface area contributed by atoms with Gasteiger partial charge < -0.3 is 20.3 Å². The fourth-order valence-electron chi connectivity index (χ4n) is 6.17. The van der Waals surface area contributed by atoms with E-state index in [-0.39, 0.29) is 23.3 Å². The van der Waals surface area contributed by atoms with Gasteiger partial charge in [-0.1, -0.05) is 55.2 Å². The van der Waals surface area contributed by atoms with Gasteiger partial charge in [-0.05, 0) is 73.2 Å². The second kappa shape index (κ2) is 11.6. The maximum absolute atomic E-state index is 13.7. The Labute approximate surface area is 241 Å². The van der Waals surface area contributed by atoms with Gasteiger partial charge in [0.1, 0.15) is 5.84 Å². The summed E-state index contributed by atoms with van der Waals surface area (Å²) in [5.41, 5.74) is 12.5. The molecule has 4 aromatic rings. The lowest BCUT2D eigenvalue weighted by molar-refractivity contribution is 0.0688. The number of aromatic carboxylic acids is 1. The first kappa shape index (κ1) is 28.1. The Morgan fingerprint density at radius 3 is 2.39 bits per heavy atom. The molecule has 0 atom stereocenters. The fraction of sp³-hybridized carbons (Fsp3) is 0.324. The summed E-state index contributed by atoms with van der Waals surface area (Å²) in [4.78, 5) is 27.9. The normalized spacial score (nSPS) is 13.8. The smallest absolute Gasteiger partial charge is 0.336 e. The molecule has 212 valence electrons. The number of carbonyl (C=O) groups is 2. The van der Waals surface area contributed by atoms with Crippen molar-refractivity contribution in [1.29, 1.82) is 5.41 Å². The van der Waals surface area contributed by atoms with Crippen LogP contribution >= 0.6 is 0 Å². The van der Waals surface area contributed by atoms with Crippen molar-refractivity contribution in [1.82, 2.24) is 9.47 Å². The number of hydrogen-bond donors (Lipinski definition) is 3. The van der Waals surface area contributed by atoms with Crippen LogP contribution in [0.5, 0.6) is 0 Å². The SMILES string of the molecule is CCn1cc(Cc2ccc(C(=O)N(C)C3CCCCC3)cc2-c2ccc(C)cc2C(=O)O)c2ccc(C(=N)N)cc21. The predicted octanol–water partition coefficient (Wildman–Crippen LogP) is 6.61. The van der Waals surface area contributed by atoms with E-state index in [1.165, 1.54) is 6.42 Å². The van der Waals surface area contributed by atoms with E-state index >= 15 is 0 Å². The Bertz CT molecular complexity index is 1650. The van der Waals surface area contributed by atoms with Crippen LogP contribution in [0.4, 0.5) is 0 Å². The quantitative estimate of drug-likeness (QED) is 0.169. The molecule has 7 nitrogen and oxygen atoms in total. The summed E-state index contributed by atoms with van der Waals surface area (Å²) in [6.45, 7) is 4.71. The van der Waals surface area contributed by atoms with Crippen molar-refractivity contribution in [3.05, 3.63) is 94.2 Å². The van der Waals surface area contributed by atoms with Crippen LogP contribution in [0.3, 0.4) is 0 Å². The van der Waals surface area contributed by atoms with Crippen LogP contribution in [-0.2, 0) is 13.0 Å². The number of nitrogens with one attached hydrogen (secondary N) is 1. The number of rotatable bonds is 8. The summed E-state index contributed by atoms with van der Waals surface area (Å²) in [5, 5.41) is 19.0. The van der Waals surface area contributed by atoms with E-state index in [4.69, 9.17) is 11.1 Å². The van der Waals surface area contributed by atoms with Crippen molar-refractivity contribution >= 4 is 28.6 Å². The van der Waals surface area contributed by atoms with Crippen molar-refractivity contribution < 1.29 is 14.7 Å². The zero-order valence-electron chi connectivity index (χ0n) is 24.0. The number of amidine groups is 1. The number of fused-ring (bicyclic) bond motifs is 1. The van der Waals surface area contributed by atoms with Crippen molar-refractivity contribution in [2.75, 3.05) is 7.05 Å². The van der Waals surface area contributed by atoms with Crippen LogP contribution in [0, 0.1) is 12.3 Å². The molecular formula is C34H38N4O3. The number of carboxylic acid groups (broad SMARTS) is 1. The number of nitrogen functional groups attached to an aromatic ring is 1. The van der Waals surface area contributed by atoms with E-state index in [2.05, 4.69) is 17.7 Å². The highest BCUT2D eigenvalue weighted by Crippen LogP contribution is 2.34. The molecule has 0 unspecified atom stereocenters. The average Bonchev–Trinajstić information content (AvgIpc) is 3.33. The van der Waals surface area contributed by atoms with E-state index in [0.29, 0.717) is 23.1 Å². The monoisotopic (exact) mass is 550 g/mol. The van der Waals surface area contributed by atoms with Gasteiger partial charge in [0.2, 0.25) is 0 Å². The minimum Gasteiger partial charge on any atom is -0.478 e. The number of nitrogens with zero attached hydrogens (tertiary/aromatic N) is 2. The van der Waals surface area contributed by atoms with Gasteiger partial charge in [0, 0.05) is 54.3 Å². The van der Waals surface area contributed by atoms with Crippen LogP contribution in [-0.4, -0.2) is 45.4 Å². The molecule has 1 heterocycles. The molecular weight excluding hydrogens is 512 g/mol. The second-order valence-electron chi connectivity index (χ2n) is 11.2. The van der Waals surface area contributed by atoms with E-state index in [1.54, 1.807) is 6.07 Å². The molecule has 0 radical (unpaired) electrons. The summed E-state index contributed by atoms with van der Waals surface area (Å²) >= 11 is 0. The zero-order valence-corrected chi connectivity index (χ0v) is 24.0. The third-order valence-electron chi connectivity index (χ3n) is 8.49. The number of nitrogens with two attached hydrogens (primary N) is 1. The molecule has 1 amide bonds. The lowest BCUT2D eigenvalue weighted by atomic mass is 9.89. The number of aryl methyl sites for hydroxylation is 2.